The number of hydrogen-bond donors (Lipinski definition) is 1. The fourth-order valence-electron chi connectivity index (χ4n) is 3.35. The first-order valence-corrected chi connectivity index (χ1v) is 6.56. The smallest absolute Gasteiger partial charge is 0.240 e. The van der Waals surface area contributed by atoms with Gasteiger partial charge in [0, 0.05) is 25.6 Å². The lowest BCUT2D eigenvalue weighted by molar-refractivity contribution is -0.129. The number of rotatable bonds is 2. The molecule has 2 aliphatic rings. The Bertz CT molecular complexity index is 274. The molecule has 0 radical (unpaired) electrons. The van der Waals surface area contributed by atoms with E-state index in [2.05, 4.69) is 0 Å². The van der Waals surface area contributed by atoms with Crippen LogP contribution in [-0.2, 0) is 4.79 Å². The Morgan fingerprint density at radius 1 is 1.56 bits per heavy atom. The number of aliphatic hydroxyl groups excluding tert-OH is 1. The van der Waals surface area contributed by atoms with Crippen molar-refractivity contribution in [1.29, 1.82) is 0 Å². The zero-order valence-corrected chi connectivity index (χ0v) is 10.5. The third-order valence-electron chi connectivity index (χ3n) is 4.28. The van der Waals surface area contributed by atoms with Crippen LogP contribution < -0.4 is 0 Å². The average molecular weight is 246 g/mol. The van der Waals surface area contributed by atoms with Crippen molar-refractivity contribution in [3.8, 4) is 0 Å². The molecule has 2 atom stereocenters. The molecular weight excluding hydrogens is 226 g/mol. The van der Waals surface area contributed by atoms with Gasteiger partial charge in [-0.2, -0.15) is 0 Å². The Kier molecular flexibility index (Phi) is 3.45. The van der Waals surface area contributed by atoms with Crippen molar-refractivity contribution < 1.29 is 9.90 Å². The molecule has 1 amide bonds. The Morgan fingerprint density at radius 2 is 2.19 bits per heavy atom. The lowest BCUT2D eigenvalue weighted by Crippen LogP contribution is -2.35. The number of carbonyl (C=O) groups is 1. The van der Waals surface area contributed by atoms with Crippen LogP contribution in [0.15, 0.2) is 0 Å². The quantitative estimate of drug-likeness (QED) is 0.752. The molecule has 0 bridgehead atoms. The van der Waals surface area contributed by atoms with Gasteiger partial charge in [0.05, 0.1) is 0 Å². The van der Waals surface area contributed by atoms with Crippen LogP contribution in [0.5, 0.6) is 0 Å². The van der Waals surface area contributed by atoms with Crippen molar-refractivity contribution in [2.45, 2.75) is 38.0 Å². The molecule has 2 fully saturated rings. The van der Waals surface area contributed by atoms with E-state index in [9.17, 15) is 9.90 Å². The number of hydrogen-bond acceptors (Lipinski definition) is 2. The van der Waals surface area contributed by atoms with Crippen molar-refractivity contribution >= 4 is 17.5 Å². The van der Waals surface area contributed by atoms with Crippen LogP contribution in [0.4, 0.5) is 0 Å². The first kappa shape index (κ1) is 12.2. The molecule has 4 heteroatoms. The van der Waals surface area contributed by atoms with E-state index in [0.717, 1.165) is 19.4 Å². The van der Waals surface area contributed by atoms with Gasteiger partial charge in [0.1, 0.15) is 5.38 Å². The third-order valence-corrected chi connectivity index (χ3v) is 4.47. The SMILES string of the molecule is CC(Cl)C(=O)N1CC(CO)C2(CCCC2)C1. The summed E-state index contributed by atoms with van der Waals surface area (Å²) in [5, 5.41) is 9.01. The molecule has 1 aliphatic heterocycles. The molecule has 0 aromatic heterocycles. The molecule has 1 aliphatic carbocycles. The van der Waals surface area contributed by atoms with Crippen LogP contribution in [0.25, 0.3) is 0 Å². The molecule has 1 saturated heterocycles. The molecule has 2 rings (SSSR count). The molecule has 1 spiro atoms. The van der Waals surface area contributed by atoms with E-state index < -0.39 is 5.38 Å². The van der Waals surface area contributed by atoms with E-state index in [1.54, 1.807) is 6.92 Å². The number of carbonyl (C=O) groups excluding carboxylic acids is 1. The molecule has 1 heterocycles. The second kappa shape index (κ2) is 4.53. The van der Waals surface area contributed by atoms with Gasteiger partial charge in [0.15, 0.2) is 0 Å². The summed E-state index contributed by atoms with van der Waals surface area (Å²) in [4.78, 5) is 13.7. The van der Waals surface area contributed by atoms with E-state index in [1.807, 2.05) is 4.90 Å². The zero-order chi connectivity index (χ0) is 11.8. The monoisotopic (exact) mass is 245 g/mol. The van der Waals surface area contributed by atoms with Crippen molar-refractivity contribution in [2.24, 2.45) is 11.3 Å². The van der Waals surface area contributed by atoms with Crippen LogP contribution in [0.3, 0.4) is 0 Å². The first-order chi connectivity index (χ1) is 7.59. The molecule has 1 saturated carbocycles. The highest BCUT2D eigenvalue weighted by atomic mass is 35.5. The standard InChI is InChI=1S/C12H20ClNO2/c1-9(13)11(16)14-6-10(7-15)12(8-14)4-2-3-5-12/h9-10,15H,2-8H2,1H3. The minimum Gasteiger partial charge on any atom is -0.396 e. The molecule has 16 heavy (non-hydrogen) atoms. The normalized spacial score (nSPS) is 29.9. The van der Waals surface area contributed by atoms with Gasteiger partial charge in [0.2, 0.25) is 5.91 Å². The van der Waals surface area contributed by atoms with Crippen molar-refractivity contribution in [1.82, 2.24) is 4.90 Å². The summed E-state index contributed by atoms with van der Waals surface area (Å²) in [6.07, 6.45) is 4.77. The molecule has 92 valence electrons. The van der Waals surface area contributed by atoms with E-state index in [4.69, 9.17) is 11.6 Å². The maximum absolute atomic E-state index is 11.9. The number of amides is 1. The number of aliphatic hydroxyl groups is 1. The number of halogens is 1. The van der Waals surface area contributed by atoms with Gasteiger partial charge >= 0.3 is 0 Å². The highest BCUT2D eigenvalue weighted by Crippen LogP contribution is 2.48. The van der Waals surface area contributed by atoms with E-state index >= 15 is 0 Å². The minimum atomic E-state index is -0.448. The molecule has 2 unspecified atom stereocenters. The van der Waals surface area contributed by atoms with Crippen LogP contribution in [0.1, 0.15) is 32.6 Å². The van der Waals surface area contributed by atoms with Gasteiger partial charge in [-0.25, -0.2) is 0 Å². The Balaban J connectivity index is 2.10. The van der Waals surface area contributed by atoms with Crippen LogP contribution >= 0.6 is 11.6 Å². The van der Waals surface area contributed by atoms with Gasteiger partial charge in [0.25, 0.3) is 0 Å². The number of likely N-dealkylation sites (tertiary alicyclic amines) is 1. The summed E-state index contributed by atoms with van der Waals surface area (Å²) in [6.45, 7) is 3.40. The fraction of sp³-hybridized carbons (Fsp3) is 0.917. The summed E-state index contributed by atoms with van der Waals surface area (Å²) in [6, 6.07) is 0. The van der Waals surface area contributed by atoms with Crippen LogP contribution in [-0.4, -0.2) is 41.0 Å². The highest BCUT2D eigenvalue weighted by molar-refractivity contribution is 6.30. The maximum atomic E-state index is 11.9. The lowest BCUT2D eigenvalue weighted by Gasteiger charge is -2.28. The molecule has 0 aromatic carbocycles. The van der Waals surface area contributed by atoms with Crippen molar-refractivity contribution in [3.63, 3.8) is 0 Å². The topological polar surface area (TPSA) is 40.5 Å². The van der Waals surface area contributed by atoms with E-state index in [-0.39, 0.29) is 23.8 Å². The second-order valence-corrected chi connectivity index (χ2v) is 5.94. The van der Waals surface area contributed by atoms with Crippen molar-refractivity contribution in [3.05, 3.63) is 0 Å². The first-order valence-electron chi connectivity index (χ1n) is 6.13. The van der Waals surface area contributed by atoms with E-state index in [1.165, 1.54) is 12.8 Å². The largest absolute Gasteiger partial charge is 0.396 e. The summed E-state index contributed by atoms with van der Waals surface area (Å²) < 4.78 is 0. The van der Waals surface area contributed by atoms with Crippen LogP contribution in [0, 0.1) is 11.3 Å². The van der Waals surface area contributed by atoms with Gasteiger partial charge in [-0.15, -0.1) is 11.6 Å². The summed E-state index contributed by atoms with van der Waals surface area (Å²) >= 11 is 5.84. The minimum absolute atomic E-state index is 0.0175. The molecule has 3 nitrogen and oxygen atoms in total. The highest BCUT2D eigenvalue weighted by Gasteiger charge is 2.49. The summed E-state index contributed by atoms with van der Waals surface area (Å²) in [5.74, 6) is 0.276. The molecule has 1 N–H and O–H groups in total. The maximum Gasteiger partial charge on any atom is 0.240 e. The van der Waals surface area contributed by atoms with Gasteiger partial charge in [-0.05, 0) is 25.2 Å². The Morgan fingerprint density at radius 3 is 2.69 bits per heavy atom. The zero-order valence-electron chi connectivity index (χ0n) is 9.79. The third kappa shape index (κ3) is 1.95. The Hall–Kier alpha value is -0.280. The average Bonchev–Trinajstić information content (AvgIpc) is 2.86. The number of alkyl halides is 1. The number of nitrogens with zero attached hydrogens (tertiary/aromatic N) is 1. The summed E-state index contributed by atoms with van der Waals surface area (Å²) in [5.41, 5.74) is 0.191. The molecular formula is C12H20ClNO2. The Labute approximate surface area is 102 Å². The van der Waals surface area contributed by atoms with E-state index in [0.29, 0.717) is 6.54 Å². The fourth-order valence-corrected chi connectivity index (χ4v) is 3.49. The predicted molar refractivity (Wildman–Crippen MR) is 63.4 cm³/mol. The van der Waals surface area contributed by atoms with Crippen molar-refractivity contribution in [2.75, 3.05) is 19.7 Å². The summed E-state index contributed by atoms with van der Waals surface area (Å²) in [7, 11) is 0. The lowest BCUT2D eigenvalue weighted by atomic mass is 9.77. The van der Waals surface area contributed by atoms with Gasteiger partial charge < -0.3 is 10.0 Å². The molecule has 0 aromatic rings. The second-order valence-electron chi connectivity index (χ2n) is 5.28. The van der Waals surface area contributed by atoms with Gasteiger partial charge in [-0.1, -0.05) is 12.8 Å². The van der Waals surface area contributed by atoms with Gasteiger partial charge in [-0.3, -0.25) is 4.79 Å². The van der Waals surface area contributed by atoms with Crippen LogP contribution in [0.2, 0.25) is 0 Å². The predicted octanol–water partition coefficient (Wildman–Crippen LogP) is 1.62.